The molecule has 0 bridgehead atoms. The van der Waals surface area contributed by atoms with Gasteiger partial charge in [0.15, 0.2) is 5.78 Å². The van der Waals surface area contributed by atoms with Crippen LogP contribution in [0.15, 0.2) is 30.6 Å². The molecule has 0 fully saturated rings. The highest BCUT2D eigenvalue weighted by atomic mass is 32.1. The van der Waals surface area contributed by atoms with Gasteiger partial charge < -0.3 is 4.74 Å². The number of ether oxygens (including phenoxy) is 1. The number of hydrogen-bond donors (Lipinski definition) is 0. The highest BCUT2D eigenvalue weighted by Gasteiger charge is 2.11. The van der Waals surface area contributed by atoms with Crippen molar-refractivity contribution in [3.63, 3.8) is 0 Å². The van der Waals surface area contributed by atoms with Crippen molar-refractivity contribution >= 4 is 17.1 Å². The van der Waals surface area contributed by atoms with Crippen LogP contribution in [0.4, 0.5) is 0 Å². The van der Waals surface area contributed by atoms with Gasteiger partial charge in [-0.1, -0.05) is 0 Å². The van der Waals surface area contributed by atoms with Crippen molar-refractivity contribution in [2.45, 2.75) is 26.7 Å². The number of Topliss-reactive ketones (excluding diaryl/α,β-unsaturated/α-hetero) is 1. The van der Waals surface area contributed by atoms with Crippen molar-refractivity contribution in [1.29, 1.82) is 0 Å². The van der Waals surface area contributed by atoms with Crippen LogP contribution in [0, 0.1) is 13.8 Å². The van der Waals surface area contributed by atoms with E-state index in [1.165, 1.54) is 10.4 Å². The summed E-state index contributed by atoms with van der Waals surface area (Å²) in [7, 11) is 0. The van der Waals surface area contributed by atoms with E-state index in [-0.39, 0.29) is 12.4 Å². The Kier molecular flexibility index (Phi) is 5.44. The van der Waals surface area contributed by atoms with Crippen molar-refractivity contribution in [1.82, 2.24) is 4.98 Å². The van der Waals surface area contributed by atoms with Gasteiger partial charge in [0.05, 0.1) is 0 Å². The number of pyridine rings is 1. The summed E-state index contributed by atoms with van der Waals surface area (Å²) in [6, 6.07) is 5.95. The number of thiophene rings is 1. The average molecular weight is 289 g/mol. The molecule has 0 aliphatic rings. The lowest BCUT2D eigenvalue weighted by Gasteiger charge is -2.04. The Hall–Kier alpha value is -1.52. The molecule has 2 aromatic rings. The van der Waals surface area contributed by atoms with Crippen molar-refractivity contribution in [2.75, 3.05) is 13.2 Å². The van der Waals surface area contributed by atoms with Crippen LogP contribution < -0.4 is 0 Å². The molecule has 2 rings (SSSR count). The first kappa shape index (κ1) is 14.9. The Labute approximate surface area is 123 Å². The van der Waals surface area contributed by atoms with Crippen LogP contribution in [0.2, 0.25) is 0 Å². The molecular formula is C16H19NO2S. The molecule has 2 aromatic heterocycles. The number of nitrogens with zero attached hydrogens (tertiary/aromatic N) is 1. The molecule has 20 heavy (non-hydrogen) atoms. The number of rotatable bonds is 7. The lowest BCUT2D eigenvalue weighted by atomic mass is 10.1. The van der Waals surface area contributed by atoms with Gasteiger partial charge >= 0.3 is 0 Å². The van der Waals surface area contributed by atoms with Gasteiger partial charge in [-0.15, -0.1) is 11.3 Å². The lowest BCUT2D eigenvalue weighted by molar-refractivity contribution is 0.0756. The van der Waals surface area contributed by atoms with E-state index in [1.54, 1.807) is 23.7 Å². The van der Waals surface area contributed by atoms with E-state index in [1.807, 2.05) is 32.0 Å². The number of aryl methyl sites for hydroxylation is 3. The first-order valence-electron chi connectivity index (χ1n) is 6.73. The Morgan fingerprint density at radius 3 is 2.70 bits per heavy atom. The smallest absolute Gasteiger partial charge is 0.189 e. The van der Waals surface area contributed by atoms with Crippen molar-refractivity contribution in [3.8, 4) is 0 Å². The minimum atomic E-state index is 0.0794. The van der Waals surface area contributed by atoms with Crippen molar-refractivity contribution in [2.24, 2.45) is 0 Å². The second kappa shape index (κ2) is 7.31. The molecule has 3 nitrogen and oxygen atoms in total. The average Bonchev–Trinajstić information content (AvgIpc) is 2.78. The quantitative estimate of drug-likeness (QED) is 0.577. The van der Waals surface area contributed by atoms with Gasteiger partial charge in [-0.2, -0.15) is 0 Å². The third-order valence-corrected chi connectivity index (χ3v) is 4.04. The number of carbonyl (C=O) groups is 1. The summed E-state index contributed by atoms with van der Waals surface area (Å²) in [6.07, 6.45) is 5.45. The predicted molar refractivity (Wildman–Crippen MR) is 81.5 cm³/mol. The highest BCUT2D eigenvalue weighted by molar-refractivity contribution is 7.12. The van der Waals surface area contributed by atoms with Gasteiger partial charge in [0.1, 0.15) is 6.61 Å². The van der Waals surface area contributed by atoms with Crippen LogP contribution in [0.5, 0.6) is 0 Å². The minimum Gasteiger partial charge on any atom is -0.373 e. The van der Waals surface area contributed by atoms with Crippen LogP contribution in [0.3, 0.4) is 0 Å². The molecule has 0 N–H and O–H groups in total. The topological polar surface area (TPSA) is 39.2 Å². The van der Waals surface area contributed by atoms with E-state index in [9.17, 15) is 4.79 Å². The third kappa shape index (κ3) is 4.25. The Morgan fingerprint density at radius 2 is 2.05 bits per heavy atom. The fourth-order valence-corrected chi connectivity index (χ4v) is 3.02. The molecule has 0 radical (unpaired) electrons. The maximum absolute atomic E-state index is 12.0. The molecule has 0 unspecified atom stereocenters. The summed E-state index contributed by atoms with van der Waals surface area (Å²) in [5.74, 6) is 0.0794. The molecule has 0 aliphatic carbocycles. The predicted octanol–water partition coefficient (Wildman–Crippen LogP) is 3.59. The zero-order valence-electron chi connectivity index (χ0n) is 11.9. The molecule has 0 saturated heterocycles. The van der Waals surface area contributed by atoms with E-state index in [0.717, 1.165) is 23.3 Å². The summed E-state index contributed by atoms with van der Waals surface area (Å²) in [5.41, 5.74) is 2.06. The molecule has 0 aliphatic heterocycles. The van der Waals surface area contributed by atoms with Gasteiger partial charge in [-0.3, -0.25) is 9.78 Å². The van der Waals surface area contributed by atoms with Crippen LogP contribution in [-0.4, -0.2) is 24.0 Å². The number of hydrogen-bond acceptors (Lipinski definition) is 4. The second-order valence-corrected chi connectivity index (χ2v) is 6.22. The van der Waals surface area contributed by atoms with Crippen molar-refractivity contribution in [3.05, 3.63) is 51.5 Å². The van der Waals surface area contributed by atoms with E-state index in [4.69, 9.17) is 4.74 Å². The Bertz CT molecular complexity index is 563. The van der Waals surface area contributed by atoms with Crippen LogP contribution >= 0.6 is 11.3 Å². The van der Waals surface area contributed by atoms with Gasteiger partial charge in [0, 0.05) is 34.3 Å². The minimum absolute atomic E-state index is 0.0794. The van der Waals surface area contributed by atoms with E-state index in [0.29, 0.717) is 6.61 Å². The Morgan fingerprint density at radius 1 is 1.30 bits per heavy atom. The summed E-state index contributed by atoms with van der Waals surface area (Å²) in [4.78, 5) is 18.2. The maximum atomic E-state index is 12.0. The van der Waals surface area contributed by atoms with Crippen molar-refractivity contribution < 1.29 is 9.53 Å². The van der Waals surface area contributed by atoms with Gasteiger partial charge in [-0.05, 0) is 50.5 Å². The molecule has 0 spiro atoms. The summed E-state index contributed by atoms with van der Waals surface area (Å²) >= 11 is 1.66. The first-order chi connectivity index (χ1) is 9.66. The van der Waals surface area contributed by atoms with Crippen LogP contribution in [0.1, 0.15) is 32.1 Å². The third-order valence-electron chi connectivity index (χ3n) is 3.08. The second-order valence-electron chi connectivity index (χ2n) is 4.76. The Balaban J connectivity index is 1.68. The summed E-state index contributed by atoms with van der Waals surface area (Å²) in [6.45, 7) is 4.78. The molecule has 2 heterocycles. The fourth-order valence-electron chi connectivity index (χ4n) is 2.08. The molecule has 106 valence electrons. The SMILES string of the molecule is Cc1cc(C(=O)COCCCc2ccncc2)c(C)s1. The van der Waals surface area contributed by atoms with E-state index >= 15 is 0 Å². The number of carbonyl (C=O) groups excluding carboxylic acids is 1. The molecule has 0 aromatic carbocycles. The summed E-state index contributed by atoms with van der Waals surface area (Å²) < 4.78 is 5.48. The largest absolute Gasteiger partial charge is 0.373 e. The zero-order chi connectivity index (χ0) is 14.4. The van der Waals surface area contributed by atoms with Crippen LogP contribution in [-0.2, 0) is 11.2 Å². The fraction of sp³-hybridized carbons (Fsp3) is 0.375. The molecule has 4 heteroatoms. The number of ketones is 1. The van der Waals surface area contributed by atoms with Gasteiger partial charge in [-0.25, -0.2) is 0 Å². The molecule has 0 atom stereocenters. The standard InChI is InChI=1S/C16H19NO2S/c1-12-10-15(13(2)20-12)16(18)11-19-9-3-4-14-5-7-17-8-6-14/h5-8,10H,3-4,9,11H2,1-2H3. The zero-order valence-corrected chi connectivity index (χ0v) is 12.7. The van der Waals surface area contributed by atoms with Gasteiger partial charge in [0.25, 0.3) is 0 Å². The molecule has 0 amide bonds. The molecular weight excluding hydrogens is 270 g/mol. The highest BCUT2D eigenvalue weighted by Crippen LogP contribution is 2.20. The first-order valence-corrected chi connectivity index (χ1v) is 7.55. The monoisotopic (exact) mass is 289 g/mol. The van der Waals surface area contributed by atoms with Crippen LogP contribution in [0.25, 0.3) is 0 Å². The molecule has 0 saturated carbocycles. The normalized spacial score (nSPS) is 10.7. The van der Waals surface area contributed by atoms with E-state index < -0.39 is 0 Å². The lowest BCUT2D eigenvalue weighted by Crippen LogP contribution is -2.10. The maximum Gasteiger partial charge on any atom is 0.189 e. The number of aromatic nitrogens is 1. The van der Waals surface area contributed by atoms with Gasteiger partial charge in [0.2, 0.25) is 0 Å². The summed E-state index contributed by atoms with van der Waals surface area (Å²) in [5, 5.41) is 0. The van der Waals surface area contributed by atoms with E-state index in [2.05, 4.69) is 4.98 Å².